The lowest BCUT2D eigenvalue weighted by Gasteiger charge is -2.22. The van der Waals surface area contributed by atoms with Crippen LogP contribution in [0.25, 0.3) is 0 Å². The highest BCUT2D eigenvalue weighted by atomic mass is 35.5. The van der Waals surface area contributed by atoms with Gasteiger partial charge in [-0.1, -0.05) is 59.6 Å². The molecule has 32 heavy (non-hydrogen) atoms. The van der Waals surface area contributed by atoms with Crippen molar-refractivity contribution in [1.82, 2.24) is 9.73 Å². The van der Waals surface area contributed by atoms with Crippen molar-refractivity contribution in [3.63, 3.8) is 0 Å². The van der Waals surface area contributed by atoms with E-state index >= 15 is 0 Å². The number of carbonyl (C=O) groups excluding carboxylic acids is 1. The normalized spacial score (nSPS) is 11.8. The molecular formula is C23H21Cl2N3O3S. The van der Waals surface area contributed by atoms with Crippen molar-refractivity contribution in [2.45, 2.75) is 18.4 Å². The molecule has 0 radical (unpaired) electrons. The van der Waals surface area contributed by atoms with Crippen molar-refractivity contribution in [3.8, 4) is 0 Å². The van der Waals surface area contributed by atoms with Gasteiger partial charge in [-0.15, -0.1) is 0 Å². The first kappa shape index (κ1) is 23.9. The number of aryl methyl sites for hydroxylation is 1. The molecule has 0 aliphatic rings. The minimum Gasteiger partial charge on any atom is -0.272 e. The third-order valence-electron chi connectivity index (χ3n) is 4.65. The number of nitrogens with zero attached hydrogens (tertiary/aromatic N) is 2. The predicted octanol–water partition coefficient (Wildman–Crippen LogP) is 4.64. The van der Waals surface area contributed by atoms with Crippen LogP contribution in [0, 0.1) is 6.92 Å². The fourth-order valence-electron chi connectivity index (χ4n) is 2.88. The van der Waals surface area contributed by atoms with Gasteiger partial charge in [0.25, 0.3) is 5.91 Å². The average molecular weight is 490 g/mol. The lowest BCUT2D eigenvalue weighted by molar-refractivity contribution is -0.121. The van der Waals surface area contributed by atoms with Crippen molar-refractivity contribution < 1.29 is 13.2 Å². The Balaban J connectivity index is 1.80. The van der Waals surface area contributed by atoms with E-state index < -0.39 is 22.5 Å². The lowest BCUT2D eigenvalue weighted by atomic mass is 10.1. The van der Waals surface area contributed by atoms with Crippen LogP contribution in [-0.4, -0.2) is 31.4 Å². The molecular weight excluding hydrogens is 469 g/mol. The standard InChI is InChI=1S/C23H21Cl2N3O3S/c1-17-4-2-3-5-19(17)15-28(32(30,31)22-12-10-21(25)11-13-22)16-23(29)27-26-14-18-6-8-20(24)9-7-18/h2-14H,15-16H2,1H3,(H,27,29)/b26-14-. The van der Waals surface area contributed by atoms with Gasteiger partial charge in [0.05, 0.1) is 17.7 Å². The zero-order chi connectivity index (χ0) is 23.1. The summed E-state index contributed by atoms with van der Waals surface area (Å²) in [6, 6.07) is 20.1. The molecule has 6 nitrogen and oxygen atoms in total. The van der Waals surface area contributed by atoms with Gasteiger partial charge in [-0.25, -0.2) is 13.8 Å². The van der Waals surface area contributed by atoms with E-state index in [2.05, 4.69) is 10.5 Å². The van der Waals surface area contributed by atoms with Crippen molar-refractivity contribution in [2.24, 2.45) is 5.10 Å². The summed E-state index contributed by atoms with van der Waals surface area (Å²) in [6.07, 6.45) is 1.45. The number of benzene rings is 3. The first-order valence-corrected chi connectivity index (χ1v) is 11.8. The summed E-state index contributed by atoms with van der Waals surface area (Å²) in [5.74, 6) is -0.568. The van der Waals surface area contributed by atoms with Crippen molar-refractivity contribution in [2.75, 3.05) is 6.54 Å². The van der Waals surface area contributed by atoms with E-state index in [0.717, 1.165) is 21.0 Å². The van der Waals surface area contributed by atoms with Crippen LogP contribution in [0.1, 0.15) is 16.7 Å². The number of sulfonamides is 1. The zero-order valence-electron chi connectivity index (χ0n) is 17.2. The summed E-state index contributed by atoms with van der Waals surface area (Å²) in [6.45, 7) is 1.52. The van der Waals surface area contributed by atoms with Gasteiger partial charge in [0, 0.05) is 16.6 Å². The minimum absolute atomic E-state index is 0.0337. The van der Waals surface area contributed by atoms with Crippen LogP contribution in [0.5, 0.6) is 0 Å². The van der Waals surface area contributed by atoms with Gasteiger partial charge >= 0.3 is 0 Å². The van der Waals surface area contributed by atoms with Crippen LogP contribution in [0.15, 0.2) is 82.8 Å². The summed E-state index contributed by atoms with van der Waals surface area (Å²) in [7, 11) is -3.96. The summed E-state index contributed by atoms with van der Waals surface area (Å²) >= 11 is 11.7. The van der Waals surface area contributed by atoms with E-state index in [1.165, 1.54) is 30.5 Å². The van der Waals surface area contributed by atoms with Gasteiger partial charge in [-0.2, -0.15) is 9.41 Å². The van der Waals surface area contributed by atoms with Gasteiger partial charge in [-0.3, -0.25) is 4.79 Å². The number of hydrazone groups is 1. The van der Waals surface area contributed by atoms with E-state index in [0.29, 0.717) is 10.0 Å². The quantitative estimate of drug-likeness (QED) is 0.369. The third kappa shape index (κ3) is 6.40. The number of halogens is 2. The van der Waals surface area contributed by atoms with Crippen LogP contribution in [-0.2, 0) is 21.4 Å². The van der Waals surface area contributed by atoms with Gasteiger partial charge in [0.15, 0.2) is 0 Å². The number of carbonyl (C=O) groups is 1. The van der Waals surface area contributed by atoms with Gasteiger partial charge in [-0.05, 0) is 60.0 Å². The largest absolute Gasteiger partial charge is 0.272 e. The van der Waals surface area contributed by atoms with E-state index in [-0.39, 0.29) is 11.4 Å². The molecule has 0 heterocycles. The SMILES string of the molecule is Cc1ccccc1CN(CC(=O)N/N=C\c1ccc(Cl)cc1)S(=O)(=O)c1ccc(Cl)cc1. The summed E-state index contributed by atoms with van der Waals surface area (Å²) in [5, 5.41) is 4.92. The first-order chi connectivity index (χ1) is 15.3. The van der Waals surface area contributed by atoms with E-state index in [1.807, 2.05) is 31.2 Å². The third-order valence-corrected chi connectivity index (χ3v) is 6.96. The lowest BCUT2D eigenvalue weighted by Crippen LogP contribution is -2.39. The van der Waals surface area contributed by atoms with Crippen LogP contribution in [0.3, 0.4) is 0 Å². The van der Waals surface area contributed by atoms with Gasteiger partial charge in [0.1, 0.15) is 0 Å². The maximum atomic E-state index is 13.3. The second-order valence-electron chi connectivity index (χ2n) is 7.00. The maximum Gasteiger partial charge on any atom is 0.255 e. The van der Waals surface area contributed by atoms with Crippen LogP contribution in [0.2, 0.25) is 10.0 Å². The Morgan fingerprint density at radius 1 is 0.969 bits per heavy atom. The summed E-state index contributed by atoms with van der Waals surface area (Å²) < 4.78 is 27.7. The smallest absolute Gasteiger partial charge is 0.255 e. The second-order valence-corrected chi connectivity index (χ2v) is 9.81. The molecule has 3 rings (SSSR count). The Labute approximate surface area is 197 Å². The fourth-order valence-corrected chi connectivity index (χ4v) is 4.51. The molecule has 0 aromatic heterocycles. The number of hydrogen-bond donors (Lipinski definition) is 1. The molecule has 0 aliphatic carbocycles. The molecule has 3 aromatic carbocycles. The first-order valence-electron chi connectivity index (χ1n) is 9.63. The molecule has 0 unspecified atom stereocenters. The summed E-state index contributed by atoms with van der Waals surface area (Å²) in [4.78, 5) is 12.6. The highest BCUT2D eigenvalue weighted by Gasteiger charge is 2.27. The van der Waals surface area contributed by atoms with Gasteiger partial charge in [0.2, 0.25) is 10.0 Å². The molecule has 9 heteroatoms. The van der Waals surface area contributed by atoms with Crippen LogP contribution < -0.4 is 5.43 Å². The van der Waals surface area contributed by atoms with Crippen molar-refractivity contribution in [1.29, 1.82) is 0 Å². The van der Waals surface area contributed by atoms with Crippen LogP contribution in [0.4, 0.5) is 0 Å². The minimum atomic E-state index is -3.96. The Morgan fingerprint density at radius 3 is 2.19 bits per heavy atom. The molecule has 1 N–H and O–H groups in total. The average Bonchev–Trinajstić information content (AvgIpc) is 2.76. The molecule has 3 aromatic rings. The van der Waals surface area contributed by atoms with Crippen molar-refractivity contribution >= 4 is 45.3 Å². The van der Waals surface area contributed by atoms with Crippen molar-refractivity contribution in [3.05, 3.63) is 99.5 Å². The Morgan fingerprint density at radius 2 is 1.56 bits per heavy atom. The molecule has 1 amide bonds. The summed E-state index contributed by atoms with van der Waals surface area (Å²) in [5.41, 5.74) is 4.83. The molecule has 166 valence electrons. The zero-order valence-corrected chi connectivity index (χ0v) is 19.5. The molecule has 0 aliphatic heterocycles. The van der Waals surface area contributed by atoms with E-state index in [4.69, 9.17) is 23.2 Å². The maximum absolute atomic E-state index is 13.3. The molecule has 0 saturated carbocycles. The fraction of sp³-hybridized carbons (Fsp3) is 0.130. The van der Waals surface area contributed by atoms with E-state index in [9.17, 15) is 13.2 Å². The molecule has 0 atom stereocenters. The van der Waals surface area contributed by atoms with Crippen LogP contribution >= 0.6 is 23.2 Å². The topological polar surface area (TPSA) is 78.8 Å². The molecule has 0 saturated heterocycles. The Hall–Kier alpha value is -2.71. The predicted molar refractivity (Wildman–Crippen MR) is 127 cm³/mol. The highest BCUT2D eigenvalue weighted by molar-refractivity contribution is 7.89. The highest BCUT2D eigenvalue weighted by Crippen LogP contribution is 2.21. The number of rotatable bonds is 8. The Bertz CT molecular complexity index is 1210. The number of nitrogens with one attached hydrogen (secondary N) is 1. The monoisotopic (exact) mass is 489 g/mol. The number of hydrogen-bond acceptors (Lipinski definition) is 4. The molecule has 0 spiro atoms. The molecule has 0 bridgehead atoms. The Kier molecular flexibility index (Phi) is 8.04. The van der Waals surface area contributed by atoms with Gasteiger partial charge < -0.3 is 0 Å². The second kappa shape index (κ2) is 10.7. The van der Waals surface area contributed by atoms with E-state index in [1.54, 1.807) is 24.3 Å². The molecule has 0 fully saturated rings. The number of amides is 1.